The molecule has 0 aliphatic rings. The standard InChI is InChI=1S/C25H24N2O3S/c1-19-11-13-21(14-12-19)18-31(29,30)24-16-27(23-10-6-5-9-22(23)24)17-25(28)26-15-20-7-3-2-4-8-20/h2-14,16H,15,17-18H2,1H3,(H,26,28). The lowest BCUT2D eigenvalue weighted by Gasteiger charge is -2.07. The fourth-order valence-corrected chi connectivity index (χ4v) is 5.16. The van der Waals surface area contributed by atoms with Crippen molar-refractivity contribution in [3.05, 3.63) is 102 Å². The summed E-state index contributed by atoms with van der Waals surface area (Å²) >= 11 is 0. The molecule has 31 heavy (non-hydrogen) atoms. The summed E-state index contributed by atoms with van der Waals surface area (Å²) in [5, 5.41) is 3.53. The van der Waals surface area contributed by atoms with Crippen LogP contribution in [0.4, 0.5) is 0 Å². The van der Waals surface area contributed by atoms with Gasteiger partial charge in [0.05, 0.1) is 10.6 Å². The lowest BCUT2D eigenvalue weighted by atomic mass is 10.2. The number of fused-ring (bicyclic) bond motifs is 1. The first kappa shape index (κ1) is 20.9. The molecule has 0 aliphatic carbocycles. The van der Waals surface area contributed by atoms with Crippen molar-refractivity contribution in [1.29, 1.82) is 0 Å². The van der Waals surface area contributed by atoms with Crippen LogP contribution < -0.4 is 5.32 Å². The number of hydrogen-bond acceptors (Lipinski definition) is 3. The zero-order chi connectivity index (χ0) is 21.8. The number of rotatable bonds is 7. The van der Waals surface area contributed by atoms with Crippen LogP contribution >= 0.6 is 0 Å². The van der Waals surface area contributed by atoms with Gasteiger partial charge in [0.25, 0.3) is 0 Å². The van der Waals surface area contributed by atoms with Crippen molar-refractivity contribution in [2.24, 2.45) is 0 Å². The summed E-state index contributed by atoms with van der Waals surface area (Å²) in [6.45, 7) is 2.44. The summed E-state index contributed by atoms with van der Waals surface area (Å²) in [4.78, 5) is 12.8. The van der Waals surface area contributed by atoms with Gasteiger partial charge in [0.15, 0.2) is 9.84 Å². The van der Waals surface area contributed by atoms with E-state index in [0.717, 1.165) is 22.2 Å². The normalized spacial score (nSPS) is 11.5. The highest BCUT2D eigenvalue weighted by Crippen LogP contribution is 2.28. The molecule has 6 heteroatoms. The molecule has 0 radical (unpaired) electrons. The van der Waals surface area contributed by atoms with Crippen LogP contribution in [-0.4, -0.2) is 18.9 Å². The van der Waals surface area contributed by atoms with Crippen molar-refractivity contribution in [1.82, 2.24) is 9.88 Å². The van der Waals surface area contributed by atoms with E-state index in [4.69, 9.17) is 0 Å². The molecule has 1 N–H and O–H groups in total. The molecule has 0 aliphatic heterocycles. The van der Waals surface area contributed by atoms with E-state index in [1.54, 1.807) is 16.8 Å². The zero-order valence-corrected chi connectivity index (χ0v) is 18.1. The molecule has 0 saturated carbocycles. The summed E-state index contributed by atoms with van der Waals surface area (Å²) in [6.07, 6.45) is 1.58. The molecule has 0 atom stereocenters. The average Bonchev–Trinajstić information content (AvgIpc) is 3.14. The smallest absolute Gasteiger partial charge is 0.240 e. The number of hydrogen-bond donors (Lipinski definition) is 1. The molecule has 0 unspecified atom stereocenters. The maximum atomic E-state index is 13.2. The van der Waals surface area contributed by atoms with Crippen LogP contribution in [0.15, 0.2) is 90.0 Å². The summed E-state index contributed by atoms with van der Waals surface area (Å²) in [7, 11) is -3.58. The second-order valence-electron chi connectivity index (χ2n) is 7.65. The minimum atomic E-state index is -3.58. The Kier molecular flexibility index (Phi) is 5.91. The van der Waals surface area contributed by atoms with Gasteiger partial charge in [0, 0.05) is 23.6 Å². The van der Waals surface area contributed by atoms with Crippen LogP contribution in [0.5, 0.6) is 0 Å². The second kappa shape index (κ2) is 8.78. The minimum absolute atomic E-state index is 0.0490. The molecule has 0 spiro atoms. The van der Waals surface area contributed by atoms with Gasteiger partial charge < -0.3 is 9.88 Å². The number of carbonyl (C=O) groups is 1. The van der Waals surface area contributed by atoms with Gasteiger partial charge in [-0.15, -0.1) is 0 Å². The molecule has 1 heterocycles. The van der Waals surface area contributed by atoms with Crippen molar-refractivity contribution in [2.75, 3.05) is 0 Å². The molecule has 0 bridgehead atoms. The number of para-hydroxylation sites is 1. The third-order valence-corrected chi connectivity index (χ3v) is 6.92. The van der Waals surface area contributed by atoms with Gasteiger partial charge in [-0.25, -0.2) is 8.42 Å². The summed E-state index contributed by atoms with van der Waals surface area (Å²) in [6, 6.07) is 24.4. The van der Waals surface area contributed by atoms with Crippen molar-refractivity contribution >= 4 is 26.6 Å². The van der Waals surface area contributed by atoms with Gasteiger partial charge in [-0.05, 0) is 24.1 Å². The maximum absolute atomic E-state index is 13.2. The molecule has 0 fully saturated rings. The van der Waals surface area contributed by atoms with Crippen LogP contribution in [0.25, 0.3) is 10.9 Å². The third kappa shape index (κ3) is 4.86. The number of sulfone groups is 1. The van der Waals surface area contributed by atoms with Crippen LogP contribution in [0, 0.1) is 6.92 Å². The lowest BCUT2D eigenvalue weighted by Crippen LogP contribution is -2.26. The van der Waals surface area contributed by atoms with Crippen LogP contribution in [-0.2, 0) is 33.5 Å². The number of nitrogens with zero attached hydrogens (tertiary/aromatic N) is 1. The Morgan fingerprint density at radius 3 is 2.29 bits per heavy atom. The highest BCUT2D eigenvalue weighted by atomic mass is 32.2. The van der Waals surface area contributed by atoms with Gasteiger partial charge in [-0.3, -0.25) is 4.79 Å². The molecule has 1 amide bonds. The highest BCUT2D eigenvalue weighted by molar-refractivity contribution is 7.90. The van der Waals surface area contributed by atoms with Crippen LogP contribution in [0.2, 0.25) is 0 Å². The van der Waals surface area contributed by atoms with E-state index in [1.165, 1.54) is 0 Å². The van der Waals surface area contributed by atoms with E-state index >= 15 is 0 Å². The van der Waals surface area contributed by atoms with Gasteiger partial charge >= 0.3 is 0 Å². The Hall–Kier alpha value is -3.38. The van der Waals surface area contributed by atoms with Crippen LogP contribution in [0.3, 0.4) is 0 Å². The average molecular weight is 433 g/mol. The van der Waals surface area contributed by atoms with E-state index in [9.17, 15) is 13.2 Å². The molecular weight excluding hydrogens is 408 g/mol. The fraction of sp³-hybridized carbons (Fsp3) is 0.160. The lowest BCUT2D eigenvalue weighted by molar-refractivity contribution is -0.121. The fourth-order valence-electron chi connectivity index (χ4n) is 3.58. The monoisotopic (exact) mass is 432 g/mol. The summed E-state index contributed by atoms with van der Waals surface area (Å²) < 4.78 is 28.1. The largest absolute Gasteiger partial charge is 0.350 e. The van der Waals surface area contributed by atoms with Gasteiger partial charge in [-0.1, -0.05) is 78.4 Å². The van der Waals surface area contributed by atoms with E-state index in [1.807, 2.05) is 79.7 Å². The van der Waals surface area contributed by atoms with E-state index in [0.29, 0.717) is 11.9 Å². The number of amides is 1. The van der Waals surface area contributed by atoms with Crippen LogP contribution in [0.1, 0.15) is 16.7 Å². The maximum Gasteiger partial charge on any atom is 0.240 e. The molecule has 3 aromatic carbocycles. The molecular formula is C25H24N2O3S. The SMILES string of the molecule is Cc1ccc(CS(=O)(=O)c2cn(CC(=O)NCc3ccccc3)c3ccccc23)cc1. The van der Waals surface area contributed by atoms with E-state index in [-0.39, 0.29) is 23.1 Å². The van der Waals surface area contributed by atoms with Crippen molar-refractivity contribution in [3.63, 3.8) is 0 Å². The molecule has 158 valence electrons. The first-order valence-electron chi connectivity index (χ1n) is 10.1. The Morgan fingerprint density at radius 2 is 1.55 bits per heavy atom. The second-order valence-corrected chi connectivity index (χ2v) is 9.60. The Labute approximate surface area is 182 Å². The van der Waals surface area contributed by atoms with E-state index < -0.39 is 9.84 Å². The van der Waals surface area contributed by atoms with Crippen molar-refractivity contribution in [2.45, 2.75) is 30.7 Å². The summed E-state index contributed by atoms with van der Waals surface area (Å²) in [5.41, 5.74) is 3.55. The number of nitrogens with one attached hydrogen (secondary N) is 1. The van der Waals surface area contributed by atoms with Gasteiger partial charge in [0.1, 0.15) is 6.54 Å². The third-order valence-electron chi connectivity index (χ3n) is 5.21. The number of aryl methyl sites for hydroxylation is 1. The highest BCUT2D eigenvalue weighted by Gasteiger charge is 2.22. The van der Waals surface area contributed by atoms with E-state index in [2.05, 4.69) is 5.32 Å². The zero-order valence-electron chi connectivity index (χ0n) is 17.3. The van der Waals surface area contributed by atoms with Crippen molar-refractivity contribution < 1.29 is 13.2 Å². The molecule has 5 nitrogen and oxygen atoms in total. The first-order chi connectivity index (χ1) is 14.9. The Balaban J connectivity index is 1.58. The first-order valence-corrected chi connectivity index (χ1v) is 11.7. The number of benzene rings is 3. The summed E-state index contributed by atoms with van der Waals surface area (Å²) in [5.74, 6) is -0.256. The molecule has 4 rings (SSSR count). The van der Waals surface area contributed by atoms with Gasteiger partial charge in [0.2, 0.25) is 5.91 Å². The Bertz CT molecular complexity index is 1310. The topological polar surface area (TPSA) is 68.2 Å². The Morgan fingerprint density at radius 1 is 0.871 bits per heavy atom. The number of aromatic nitrogens is 1. The molecule has 0 saturated heterocycles. The predicted octanol–water partition coefficient (Wildman–Crippen LogP) is 4.24. The molecule has 4 aromatic rings. The minimum Gasteiger partial charge on any atom is -0.350 e. The predicted molar refractivity (Wildman–Crippen MR) is 122 cm³/mol. The quantitative estimate of drug-likeness (QED) is 0.475. The van der Waals surface area contributed by atoms with Crippen molar-refractivity contribution in [3.8, 4) is 0 Å². The van der Waals surface area contributed by atoms with Gasteiger partial charge in [-0.2, -0.15) is 0 Å². The molecule has 1 aromatic heterocycles. The number of carbonyl (C=O) groups excluding carboxylic acids is 1.